The molecule has 2 aromatic carbocycles. The van der Waals surface area contributed by atoms with Crippen LogP contribution in [-0.2, 0) is 0 Å². The number of anilines is 1. The van der Waals surface area contributed by atoms with Crippen molar-refractivity contribution in [1.82, 2.24) is 0 Å². The van der Waals surface area contributed by atoms with E-state index < -0.39 is 0 Å². The Bertz CT molecular complexity index is 721. The fourth-order valence-corrected chi connectivity index (χ4v) is 2.27. The van der Waals surface area contributed by atoms with Crippen molar-refractivity contribution in [2.45, 2.75) is 33.0 Å². The van der Waals surface area contributed by atoms with Gasteiger partial charge in [0.15, 0.2) is 17.5 Å². The SMILES string of the molecule is COc1ccccc1OC(C)CN=C(N)Nc1ccc(OC(C)C)cc1.I. The first-order valence-corrected chi connectivity index (χ1v) is 8.61. The summed E-state index contributed by atoms with van der Waals surface area (Å²) in [5.41, 5.74) is 6.80. The van der Waals surface area contributed by atoms with Crippen molar-refractivity contribution in [2.24, 2.45) is 10.7 Å². The van der Waals surface area contributed by atoms with Gasteiger partial charge in [-0.05, 0) is 57.2 Å². The number of nitrogens with one attached hydrogen (secondary N) is 1. The molecule has 0 spiro atoms. The van der Waals surface area contributed by atoms with Crippen LogP contribution in [0.5, 0.6) is 17.2 Å². The zero-order valence-electron chi connectivity index (χ0n) is 16.1. The van der Waals surface area contributed by atoms with Crippen LogP contribution in [0, 0.1) is 0 Å². The Morgan fingerprint density at radius 2 is 1.63 bits per heavy atom. The molecule has 0 aliphatic carbocycles. The Labute approximate surface area is 178 Å². The number of benzene rings is 2. The highest BCUT2D eigenvalue weighted by Crippen LogP contribution is 2.26. The summed E-state index contributed by atoms with van der Waals surface area (Å²) in [6.07, 6.45) is -0.00126. The van der Waals surface area contributed by atoms with Gasteiger partial charge in [0.25, 0.3) is 0 Å². The molecule has 1 unspecified atom stereocenters. The highest BCUT2D eigenvalue weighted by atomic mass is 127. The number of nitrogens with two attached hydrogens (primary N) is 1. The van der Waals surface area contributed by atoms with Gasteiger partial charge in [-0.3, -0.25) is 0 Å². The minimum absolute atomic E-state index is 0. The fraction of sp³-hybridized carbons (Fsp3) is 0.350. The normalized spacial score (nSPS) is 12.1. The summed E-state index contributed by atoms with van der Waals surface area (Å²) >= 11 is 0. The molecular formula is C20H28IN3O3. The number of aliphatic imine (C=N–C) groups is 1. The number of guanidine groups is 1. The Balaban J connectivity index is 0.00000364. The minimum Gasteiger partial charge on any atom is -0.493 e. The Morgan fingerprint density at radius 3 is 2.22 bits per heavy atom. The van der Waals surface area contributed by atoms with Gasteiger partial charge in [0, 0.05) is 5.69 Å². The van der Waals surface area contributed by atoms with Crippen LogP contribution in [0.3, 0.4) is 0 Å². The van der Waals surface area contributed by atoms with Crippen molar-refractivity contribution in [3.05, 3.63) is 48.5 Å². The number of hydrogen-bond acceptors (Lipinski definition) is 4. The topological polar surface area (TPSA) is 78.1 Å². The molecule has 2 aromatic rings. The van der Waals surface area contributed by atoms with Gasteiger partial charge in [0.1, 0.15) is 11.9 Å². The van der Waals surface area contributed by atoms with Gasteiger partial charge in [-0.1, -0.05) is 12.1 Å². The van der Waals surface area contributed by atoms with Gasteiger partial charge < -0.3 is 25.3 Å². The third-order valence-electron chi connectivity index (χ3n) is 3.41. The van der Waals surface area contributed by atoms with Crippen molar-refractivity contribution >= 4 is 35.6 Å². The maximum Gasteiger partial charge on any atom is 0.193 e. The molecule has 148 valence electrons. The summed E-state index contributed by atoms with van der Waals surface area (Å²) in [4.78, 5) is 4.33. The van der Waals surface area contributed by atoms with Crippen molar-refractivity contribution in [3.63, 3.8) is 0 Å². The van der Waals surface area contributed by atoms with E-state index >= 15 is 0 Å². The number of methoxy groups -OCH3 is 1. The molecule has 6 nitrogen and oxygen atoms in total. The van der Waals surface area contributed by atoms with E-state index in [2.05, 4.69) is 10.3 Å². The zero-order valence-corrected chi connectivity index (χ0v) is 18.5. The monoisotopic (exact) mass is 485 g/mol. The number of para-hydroxylation sites is 2. The first-order valence-electron chi connectivity index (χ1n) is 8.61. The summed E-state index contributed by atoms with van der Waals surface area (Å²) in [5, 5.41) is 3.06. The largest absolute Gasteiger partial charge is 0.493 e. The van der Waals surface area contributed by atoms with Gasteiger partial charge >= 0.3 is 0 Å². The van der Waals surface area contributed by atoms with Crippen molar-refractivity contribution < 1.29 is 14.2 Å². The molecule has 0 aliphatic heterocycles. The van der Waals surface area contributed by atoms with E-state index in [9.17, 15) is 0 Å². The van der Waals surface area contributed by atoms with E-state index in [4.69, 9.17) is 19.9 Å². The summed E-state index contributed by atoms with van der Waals surface area (Å²) in [7, 11) is 1.62. The van der Waals surface area contributed by atoms with Crippen LogP contribution < -0.4 is 25.3 Å². The first-order chi connectivity index (χ1) is 12.5. The molecule has 3 N–H and O–H groups in total. The molecule has 0 fully saturated rings. The maximum atomic E-state index is 5.95. The van der Waals surface area contributed by atoms with Gasteiger partial charge in [0.05, 0.1) is 19.8 Å². The third kappa shape index (κ3) is 7.94. The van der Waals surface area contributed by atoms with E-state index in [1.165, 1.54) is 0 Å². The molecule has 7 heteroatoms. The fourth-order valence-electron chi connectivity index (χ4n) is 2.27. The van der Waals surface area contributed by atoms with Crippen LogP contribution in [0.4, 0.5) is 5.69 Å². The van der Waals surface area contributed by atoms with Crippen LogP contribution >= 0.6 is 24.0 Å². The van der Waals surface area contributed by atoms with E-state index in [1.54, 1.807) is 7.11 Å². The lowest BCUT2D eigenvalue weighted by Gasteiger charge is -2.15. The number of nitrogens with zero attached hydrogens (tertiary/aromatic N) is 1. The molecule has 0 radical (unpaired) electrons. The van der Waals surface area contributed by atoms with Crippen LogP contribution in [0.1, 0.15) is 20.8 Å². The summed E-state index contributed by atoms with van der Waals surface area (Å²) < 4.78 is 16.7. The molecule has 0 amide bonds. The quantitative estimate of drug-likeness (QED) is 0.331. The van der Waals surface area contributed by atoms with Crippen molar-refractivity contribution in [3.8, 4) is 17.2 Å². The number of rotatable bonds is 8. The molecule has 0 heterocycles. The lowest BCUT2D eigenvalue weighted by Crippen LogP contribution is -2.25. The zero-order chi connectivity index (χ0) is 18.9. The first kappa shape index (κ1) is 22.9. The second kappa shape index (κ2) is 11.5. The highest BCUT2D eigenvalue weighted by molar-refractivity contribution is 14.0. The van der Waals surface area contributed by atoms with Crippen LogP contribution in [0.2, 0.25) is 0 Å². The maximum absolute atomic E-state index is 5.95. The summed E-state index contributed by atoms with van der Waals surface area (Å²) in [6.45, 7) is 6.34. The molecule has 27 heavy (non-hydrogen) atoms. The molecule has 0 saturated heterocycles. The molecule has 0 saturated carbocycles. The second-order valence-corrected chi connectivity index (χ2v) is 6.12. The van der Waals surface area contributed by atoms with E-state index in [-0.39, 0.29) is 36.2 Å². The minimum atomic E-state index is -0.145. The molecule has 2 rings (SSSR count). The average Bonchev–Trinajstić information content (AvgIpc) is 2.62. The molecule has 0 aromatic heterocycles. The number of hydrogen-bond donors (Lipinski definition) is 2. The summed E-state index contributed by atoms with van der Waals surface area (Å²) in [6, 6.07) is 15.1. The lowest BCUT2D eigenvalue weighted by atomic mass is 10.3. The standard InChI is InChI=1S/C20H27N3O3.HI/c1-14(2)25-17-11-9-16(10-12-17)23-20(21)22-13-15(3)26-19-8-6-5-7-18(19)24-4;/h5-12,14-15H,13H2,1-4H3,(H3,21,22,23);1H. The van der Waals surface area contributed by atoms with Gasteiger partial charge in [-0.25, -0.2) is 4.99 Å². The van der Waals surface area contributed by atoms with Gasteiger partial charge in [0.2, 0.25) is 0 Å². The van der Waals surface area contributed by atoms with Crippen LogP contribution in [0.15, 0.2) is 53.5 Å². The summed E-state index contributed by atoms with van der Waals surface area (Å²) in [5.74, 6) is 2.53. The highest BCUT2D eigenvalue weighted by Gasteiger charge is 2.08. The van der Waals surface area contributed by atoms with E-state index in [0.29, 0.717) is 24.0 Å². The lowest BCUT2D eigenvalue weighted by molar-refractivity contribution is 0.219. The number of halogens is 1. The van der Waals surface area contributed by atoms with Gasteiger partial charge in [-0.15, -0.1) is 24.0 Å². The molecular weight excluding hydrogens is 457 g/mol. The average molecular weight is 485 g/mol. The van der Waals surface area contributed by atoms with Crippen molar-refractivity contribution in [1.29, 1.82) is 0 Å². The van der Waals surface area contributed by atoms with E-state index in [1.807, 2.05) is 69.3 Å². The smallest absolute Gasteiger partial charge is 0.193 e. The van der Waals surface area contributed by atoms with Crippen LogP contribution in [0.25, 0.3) is 0 Å². The predicted molar refractivity (Wildman–Crippen MR) is 121 cm³/mol. The predicted octanol–water partition coefficient (Wildman–Crippen LogP) is 4.29. The molecule has 1 atom stereocenters. The Kier molecular flexibility index (Phi) is 9.77. The Morgan fingerprint density at radius 1 is 1.00 bits per heavy atom. The van der Waals surface area contributed by atoms with Gasteiger partial charge in [-0.2, -0.15) is 0 Å². The second-order valence-electron chi connectivity index (χ2n) is 6.12. The number of ether oxygens (including phenoxy) is 3. The third-order valence-corrected chi connectivity index (χ3v) is 3.41. The Hall–Kier alpha value is -2.16. The van der Waals surface area contributed by atoms with Crippen LogP contribution in [-0.4, -0.2) is 31.8 Å². The molecule has 0 aliphatic rings. The van der Waals surface area contributed by atoms with Crippen molar-refractivity contribution in [2.75, 3.05) is 19.0 Å². The molecule has 0 bridgehead atoms. The van der Waals surface area contributed by atoms with E-state index in [0.717, 1.165) is 11.4 Å².